The highest BCUT2D eigenvalue weighted by Gasteiger charge is 2.21. The van der Waals surface area contributed by atoms with Gasteiger partial charge in [-0.2, -0.15) is 0 Å². The normalized spacial score (nSPS) is 11.5. The number of hydrogen-bond donors (Lipinski definition) is 0. The third kappa shape index (κ3) is 3.38. The largest absolute Gasteiger partial charge is 0.249 e. The summed E-state index contributed by atoms with van der Waals surface area (Å²) in [6.45, 7) is 0.943. The van der Waals surface area contributed by atoms with Crippen LogP contribution >= 0.6 is 0 Å². The fourth-order valence-electron chi connectivity index (χ4n) is 1.80. The molecule has 0 saturated carbocycles. The van der Waals surface area contributed by atoms with Gasteiger partial charge in [-0.15, -0.1) is 0 Å². The first-order valence-electron chi connectivity index (χ1n) is 5.57. The fraction of sp³-hybridized carbons (Fsp3) is 0.200. The van der Waals surface area contributed by atoms with Crippen molar-refractivity contribution in [3.63, 3.8) is 0 Å². The summed E-state index contributed by atoms with van der Waals surface area (Å²) in [6.07, 6.45) is -0.206. The lowest BCUT2D eigenvalue weighted by molar-refractivity contribution is 0.0226. The summed E-state index contributed by atoms with van der Waals surface area (Å²) in [5, 5.41) is 0. The molecule has 2 aromatic rings. The average molecular weight is 232 g/mol. The number of benzene rings is 2. The molecule has 0 N–H and O–H groups in total. The molecule has 0 aromatic heterocycles. The molecule has 0 bridgehead atoms. The Morgan fingerprint density at radius 1 is 0.824 bits per heavy atom. The van der Waals surface area contributed by atoms with Crippen molar-refractivity contribution >= 4 is 0 Å². The minimum Gasteiger partial charge on any atom is -0.207 e. The predicted octanol–water partition coefficient (Wildman–Crippen LogP) is 4.55. The molecule has 0 aliphatic rings. The van der Waals surface area contributed by atoms with Crippen molar-refractivity contribution in [1.29, 1.82) is 0 Å². The Morgan fingerprint density at radius 3 is 1.88 bits per heavy atom. The van der Waals surface area contributed by atoms with E-state index in [9.17, 15) is 8.78 Å². The number of rotatable bonds is 3. The van der Waals surface area contributed by atoms with Crippen molar-refractivity contribution < 1.29 is 8.78 Å². The molecule has 0 aliphatic heterocycles. The van der Waals surface area contributed by atoms with Crippen LogP contribution in [0.3, 0.4) is 0 Å². The molecule has 0 radical (unpaired) electrons. The maximum absolute atomic E-state index is 12.8. The molecule has 0 spiro atoms. The zero-order chi connectivity index (χ0) is 12.3. The van der Waals surface area contributed by atoms with Gasteiger partial charge in [0.15, 0.2) is 0 Å². The van der Waals surface area contributed by atoms with Crippen LogP contribution in [0.25, 0.3) is 11.1 Å². The lowest BCUT2D eigenvalue weighted by atomic mass is 10.0. The minimum absolute atomic E-state index is 0.206. The summed E-state index contributed by atoms with van der Waals surface area (Å²) in [6, 6.07) is 17.2. The van der Waals surface area contributed by atoms with E-state index in [1.807, 2.05) is 42.5 Å². The van der Waals surface area contributed by atoms with Gasteiger partial charge in [-0.3, -0.25) is 0 Å². The van der Waals surface area contributed by atoms with Crippen LogP contribution in [0.5, 0.6) is 0 Å². The van der Waals surface area contributed by atoms with Crippen LogP contribution in [0, 0.1) is 0 Å². The number of halogens is 2. The van der Waals surface area contributed by atoms with Crippen molar-refractivity contribution in [3.05, 3.63) is 60.2 Å². The standard InChI is InChI=1S/C15H14F2/c1-15(16,17)11-12-7-9-14(10-8-12)13-5-3-2-4-6-13/h2-10H,11H2,1H3. The molecule has 0 unspecified atom stereocenters. The van der Waals surface area contributed by atoms with Crippen LogP contribution in [0.15, 0.2) is 54.6 Å². The highest BCUT2D eigenvalue weighted by Crippen LogP contribution is 2.23. The zero-order valence-corrected chi connectivity index (χ0v) is 9.66. The molecular formula is C15H14F2. The maximum Gasteiger partial charge on any atom is 0.249 e. The van der Waals surface area contributed by atoms with Gasteiger partial charge < -0.3 is 0 Å². The van der Waals surface area contributed by atoms with Gasteiger partial charge in [-0.05, 0) is 23.6 Å². The Kier molecular flexibility index (Phi) is 3.23. The van der Waals surface area contributed by atoms with Crippen molar-refractivity contribution in [3.8, 4) is 11.1 Å². The fourth-order valence-corrected chi connectivity index (χ4v) is 1.80. The Balaban J connectivity index is 2.19. The molecule has 0 amide bonds. The number of alkyl halides is 2. The van der Waals surface area contributed by atoms with Crippen LogP contribution in [0.1, 0.15) is 12.5 Å². The summed E-state index contributed by atoms with van der Waals surface area (Å²) >= 11 is 0. The van der Waals surface area contributed by atoms with E-state index in [1.54, 1.807) is 12.1 Å². The van der Waals surface area contributed by atoms with Gasteiger partial charge >= 0.3 is 0 Å². The van der Waals surface area contributed by atoms with Crippen LogP contribution in [0.4, 0.5) is 8.78 Å². The Bertz CT molecular complexity index is 467. The smallest absolute Gasteiger partial charge is 0.207 e. The van der Waals surface area contributed by atoms with Gasteiger partial charge in [0.2, 0.25) is 5.92 Å². The molecule has 88 valence electrons. The van der Waals surface area contributed by atoms with E-state index >= 15 is 0 Å². The van der Waals surface area contributed by atoms with E-state index in [-0.39, 0.29) is 6.42 Å². The van der Waals surface area contributed by atoms with E-state index in [0.717, 1.165) is 18.1 Å². The van der Waals surface area contributed by atoms with Crippen LogP contribution in [0.2, 0.25) is 0 Å². The molecule has 0 fully saturated rings. The molecule has 2 heteroatoms. The van der Waals surface area contributed by atoms with E-state index in [2.05, 4.69) is 0 Å². The molecular weight excluding hydrogens is 218 g/mol. The van der Waals surface area contributed by atoms with Gasteiger partial charge in [0.25, 0.3) is 0 Å². The van der Waals surface area contributed by atoms with Crippen LogP contribution in [-0.4, -0.2) is 5.92 Å². The van der Waals surface area contributed by atoms with E-state index in [4.69, 9.17) is 0 Å². The highest BCUT2D eigenvalue weighted by molar-refractivity contribution is 5.63. The zero-order valence-electron chi connectivity index (χ0n) is 9.66. The van der Waals surface area contributed by atoms with E-state index < -0.39 is 5.92 Å². The number of hydrogen-bond acceptors (Lipinski definition) is 0. The molecule has 0 heterocycles. The summed E-state index contributed by atoms with van der Waals surface area (Å²) < 4.78 is 25.7. The molecule has 17 heavy (non-hydrogen) atoms. The summed E-state index contributed by atoms with van der Waals surface area (Å²) in [5.74, 6) is -2.64. The van der Waals surface area contributed by atoms with Gasteiger partial charge in [0, 0.05) is 6.42 Å². The lowest BCUT2D eigenvalue weighted by Gasteiger charge is -2.10. The second-order valence-electron chi connectivity index (χ2n) is 4.31. The Morgan fingerprint density at radius 2 is 1.35 bits per heavy atom. The van der Waals surface area contributed by atoms with Crippen molar-refractivity contribution in [2.45, 2.75) is 19.3 Å². The van der Waals surface area contributed by atoms with Crippen molar-refractivity contribution in [1.82, 2.24) is 0 Å². The minimum atomic E-state index is -2.64. The molecule has 0 saturated heterocycles. The summed E-state index contributed by atoms with van der Waals surface area (Å²) in [5.41, 5.74) is 2.81. The van der Waals surface area contributed by atoms with Gasteiger partial charge in [0.05, 0.1) is 0 Å². The first-order valence-corrected chi connectivity index (χ1v) is 5.57. The third-order valence-electron chi connectivity index (χ3n) is 2.58. The lowest BCUT2D eigenvalue weighted by Crippen LogP contribution is -2.13. The summed E-state index contributed by atoms with van der Waals surface area (Å²) in [4.78, 5) is 0. The maximum atomic E-state index is 12.8. The SMILES string of the molecule is CC(F)(F)Cc1ccc(-c2ccccc2)cc1. The van der Waals surface area contributed by atoms with Crippen molar-refractivity contribution in [2.75, 3.05) is 0 Å². The topological polar surface area (TPSA) is 0 Å². The van der Waals surface area contributed by atoms with Gasteiger partial charge in [-0.1, -0.05) is 54.6 Å². The Labute approximate surface area is 99.9 Å². The molecule has 0 atom stereocenters. The van der Waals surface area contributed by atoms with Crippen molar-refractivity contribution in [2.24, 2.45) is 0 Å². The third-order valence-corrected chi connectivity index (χ3v) is 2.58. The van der Waals surface area contributed by atoms with E-state index in [0.29, 0.717) is 5.56 Å². The highest BCUT2D eigenvalue weighted by atomic mass is 19.3. The molecule has 2 rings (SSSR count). The van der Waals surface area contributed by atoms with E-state index in [1.165, 1.54) is 0 Å². The van der Waals surface area contributed by atoms with Crippen LogP contribution in [-0.2, 0) is 6.42 Å². The molecule has 2 aromatic carbocycles. The van der Waals surface area contributed by atoms with Gasteiger partial charge in [0.1, 0.15) is 0 Å². The average Bonchev–Trinajstić information content (AvgIpc) is 2.29. The van der Waals surface area contributed by atoms with Gasteiger partial charge in [-0.25, -0.2) is 8.78 Å². The first kappa shape index (κ1) is 11.8. The second-order valence-corrected chi connectivity index (χ2v) is 4.31. The molecule has 0 nitrogen and oxygen atoms in total. The molecule has 0 aliphatic carbocycles. The first-order chi connectivity index (χ1) is 8.04. The predicted molar refractivity (Wildman–Crippen MR) is 66.2 cm³/mol. The Hall–Kier alpha value is -1.70. The monoisotopic (exact) mass is 232 g/mol. The second kappa shape index (κ2) is 4.66. The summed E-state index contributed by atoms with van der Waals surface area (Å²) in [7, 11) is 0. The quantitative estimate of drug-likeness (QED) is 0.728. The van der Waals surface area contributed by atoms with Crippen LogP contribution < -0.4 is 0 Å².